The molecule has 1 aliphatic heterocycles. The van der Waals surface area contributed by atoms with Crippen LogP contribution >= 0.6 is 27.5 Å². The van der Waals surface area contributed by atoms with E-state index in [0.29, 0.717) is 6.04 Å². The van der Waals surface area contributed by atoms with Gasteiger partial charge in [-0.2, -0.15) is 0 Å². The van der Waals surface area contributed by atoms with E-state index in [1.54, 1.807) is 0 Å². The summed E-state index contributed by atoms with van der Waals surface area (Å²) in [4.78, 5) is 2.62. The smallest absolute Gasteiger partial charge is 0.0465 e. The van der Waals surface area contributed by atoms with Gasteiger partial charge in [0.1, 0.15) is 0 Å². The summed E-state index contributed by atoms with van der Waals surface area (Å²) in [6.07, 6.45) is 6.61. The van der Waals surface area contributed by atoms with E-state index in [4.69, 9.17) is 11.6 Å². The molecule has 118 valence electrons. The highest BCUT2D eigenvalue weighted by molar-refractivity contribution is 9.10. The first-order valence-electron chi connectivity index (χ1n) is 8.11. The van der Waals surface area contributed by atoms with Gasteiger partial charge in [-0.25, -0.2) is 0 Å². The van der Waals surface area contributed by atoms with E-state index in [-0.39, 0.29) is 0 Å². The third kappa shape index (κ3) is 5.55. The molecule has 0 aliphatic carbocycles. The number of rotatable bonds is 6. The van der Waals surface area contributed by atoms with Gasteiger partial charge in [0.2, 0.25) is 0 Å². The summed E-state index contributed by atoms with van der Waals surface area (Å²) < 4.78 is 1.04. The number of benzene rings is 1. The molecule has 1 fully saturated rings. The fraction of sp³-hybridized carbons (Fsp3) is 0.647. The molecule has 0 bridgehead atoms. The zero-order valence-corrected chi connectivity index (χ0v) is 15.2. The molecule has 0 amide bonds. The molecule has 2 rings (SSSR count). The molecule has 4 heteroatoms. The average Bonchev–Trinajstić information content (AvgIpc) is 2.72. The standard InChI is InChI=1S/C17H26BrClN2/c1-2-20-17(15-8-7-14(18)13-16(15)19)9-12-21-10-5-3-4-6-11-21/h7-8,13,17,20H,2-6,9-12H2,1H3. The second kappa shape index (κ2) is 9.14. The molecule has 1 heterocycles. The Bertz CT molecular complexity index is 431. The van der Waals surface area contributed by atoms with Gasteiger partial charge >= 0.3 is 0 Å². The van der Waals surface area contributed by atoms with Gasteiger partial charge in [0.25, 0.3) is 0 Å². The number of hydrogen-bond donors (Lipinski definition) is 1. The Balaban J connectivity index is 1.97. The lowest BCUT2D eigenvalue weighted by Gasteiger charge is -2.25. The van der Waals surface area contributed by atoms with E-state index in [1.165, 1.54) is 44.3 Å². The molecule has 1 saturated heterocycles. The van der Waals surface area contributed by atoms with Crippen molar-refractivity contribution in [1.82, 2.24) is 10.2 Å². The SMILES string of the molecule is CCNC(CCN1CCCCCC1)c1ccc(Br)cc1Cl. The van der Waals surface area contributed by atoms with Crippen LogP contribution in [0.1, 0.15) is 50.6 Å². The summed E-state index contributed by atoms with van der Waals surface area (Å²) in [5, 5.41) is 4.44. The summed E-state index contributed by atoms with van der Waals surface area (Å²) in [6.45, 7) is 6.80. The topological polar surface area (TPSA) is 15.3 Å². The first-order chi connectivity index (χ1) is 10.2. The quantitative estimate of drug-likeness (QED) is 0.753. The minimum Gasteiger partial charge on any atom is -0.310 e. The van der Waals surface area contributed by atoms with Crippen molar-refractivity contribution in [2.24, 2.45) is 0 Å². The maximum atomic E-state index is 6.42. The number of halogens is 2. The maximum Gasteiger partial charge on any atom is 0.0465 e. The second-order valence-electron chi connectivity index (χ2n) is 5.82. The number of nitrogens with one attached hydrogen (secondary N) is 1. The minimum atomic E-state index is 0.346. The minimum absolute atomic E-state index is 0.346. The van der Waals surface area contributed by atoms with Crippen molar-refractivity contribution < 1.29 is 0 Å². The summed E-state index contributed by atoms with van der Waals surface area (Å²) in [6, 6.07) is 6.56. The molecule has 0 spiro atoms. The van der Waals surface area contributed by atoms with Crippen LogP contribution in [0.4, 0.5) is 0 Å². The Kier molecular flexibility index (Phi) is 7.51. The Morgan fingerprint density at radius 1 is 1.24 bits per heavy atom. The summed E-state index contributed by atoms with van der Waals surface area (Å²) in [5.74, 6) is 0. The molecule has 1 aliphatic rings. The Morgan fingerprint density at radius 2 is 1.95 bits per heavy atom. The summed E-state index contributed by atoms with van der Waals surface area (Å²) >= 11 is 9.91. The summed E-state index contributed by atoms with van der Waals surface area (Å²) in [5.41, 5.74) is 1.22. The molecular weight excluding hydrogens is 348 g/mol. The van der Waals surface area contributed by atoms with Gasteiger partial charge in [0, 0.05) is 15.5 Å². The van der Waals surface area contributed by atoms with E-state index in [9.17, 15) is 0 Å². The first kappa shape index (κ1) is 17.3. The number of likely N-dealkylation sites (tertiary alicyclic amines) is 1. The normalized spacial score (nSPS) is 18.4. The Hall–Kier alpha value is -0.0900. The van der Waals surface area contributed by atoms with Gasteiger partial charge in [-0.15, -0.1) is 0 Å². The van der Waals surface area contributed by atoms with Crippen LogP contribution in [0.15, 0.2) is 22.7 Å². The van der Waals surface area contributed by atoms with Gasteiger partial charge in [0.05, 0.1) is 0 Å². The second-order valence-corrected chi connectivity index (χ2v) is 7.14. The van der Waals surface area contributed by atoms with Gasteiger partial charge in [0.15, 0.2) is 0 Å². The molecule has 1 aromatic carbocycles. The van der Waals surface area contributed by atoms with Crippen LogP contribution in [0, 0.1) is 0 Å². The van der Waals surface area contributed by atoms with Crippen LogP contribution in [0.3, 0.4) is 0 Å². The van der Waals surface area contributed by atoms with Crippen LogP contribution in [0.2, 0.25) is 5.02 Å². The van der Waals surface area contributed by atoms with Crippen molar-refractivity contribution in [3.05, 3.63) is 33.3 Å². The molecule has 1 unspecified atom stereocenters. The van der Waals surface area contributed by atoms with Gasteiger partial charge < -0.3 is 10.2 Å². The monoisotopic (exact) mass is 372 g/mol. The van der Waals surface area contributed by atoms with Crippen molar-refractivity contribution in [3.8, 4) is 0 Å². The molecule has 1 N–H and O–H groups in total. The molecule has 1 atom stereocenters. The van der Waals surface area contributed by atoms with Crippen molar-refractivity contribution >= 4 is 27.5 Å². The largest absolute Gasteiger partial charge is 0.310 e. The highest BCUT2D eigenvalue weighted by Crippen LogP contribution is 2.28. The lowest BCUT2D eigenvalue weighted by Crippen LogP contribution is -2.30. The van der Waals surface area contributed by atoms with Gasteiger partial charge in [-0.3, -0.25) is 0 Å². The summed E-state index contributed by atoms with van der Waals surface area (Å²) in [7, 11) is 0. The molecular formula is C17H26BrClN2. The van der Waals surface area contributed by atoms with Crippen molar-refractivity contribution in [2.45, 2.75) is 45.1 Å². The third-order valence-corrected chi connectivity index (χ3v) is 5.04. The first-order valence-corrected chi connectivity index (χ1v) is 9.28. The highest BCUT2D eigenvalue weighted by atomic mass is 79.9. The van der Waals surface area contributed by atoms with E-state index < -0.39 is 0 Å². The van der Waals surface area contributed by atoms with Crippen LogP contribution in [0.25, 0.3) is 0 Å². The Labute approximate surface area is 142 Å². The fourth-order valence-electron chi connectivity index (χ4n) is 3.07. The number of nitrogens with zero attached hydrogens (tertiary/aromatic N) is 1. The average molecular weight is 374 g/mol. The van der Waals surface area contributed by atoms with E-state index in [1.807, 2.05) is 6.07 Å². The fourth-order valence-corrected chi connectivity index (χ4v) is 3.87. The predicted octanol–water partition coefficient (Wildman–Crippen LogP) is 5.02. The van der Waals surface area contributed by atoms with Crippen molar-refractivity contribution in [1.29, 1.82) is 0 Å². The molecule has 0 saturated carbocycles. The van der Waals surface area contributed by atoms with Crippen LogP contribution in [-0.2, 0) is 0 Å². The van der Waals surface area contributed by atoms with E-state index in [2.05, 4.69) is 45.2 Å². The van der Waals surface area contributed by atoms with Crippen molar-refractivity contribution in [3.63, 3.8) is 0 Å². The Morgan fingerprint density at radius 3 is 2.57 bits per heavy atom. The maximum absolute atomic E-state index is 6.42. The molecule has 0 radical (unpaired) electrons. The van der Waals surface area contributed by atoms with Crippen LogP contribution < -0.4 is 5.32 Å². The van der Waals surface area contributed by atoms with E-state index >= 15 is 0 Å². The lowest BCUT2D eigenvalue weighted by atomic mass is 10.0. The zero-order chi connectivity index (χ0) is 15.1. The zero-order valence-electron chi connectivity index (χ0n) is 12.9. The highest BCUT2D eigenvalue weighted by Gasteiger charge is 2.16. The van der Waals surface area contributed by atoms with Crippen LogP contribution in [0.5, 0.6) is 0 Å². The van der Waals surface area contributed by atoms with Crippen LogP contribution in [-0.4, -0.2) is 31.1 Å². The van der Waals surface area contributed by atoms with E-state index in [0.717, 1.165) is 29.0 Å². The predicted molar refractivity (Wildman–Crippen MR) is 95.1 cm³/mol. The van der Waals surface area contributed by atoms with Gasteiger partial charge in [-0.05, 0) is 63.1 Å². The van der Waals surface area contributed by atoms with Crippen molar-refractivity contribution in [2.75, 3.05) is 26.2 Å². The number of hydrogen-bond acceptors (Lipinski definition) is 2. The molecule has 0 aromatic heterocycles. The molecule has 21 heavy (non-hydrogen) atoms. The molecule has 2 nitrogen and oxygen atoms in total. The molecule has 1 aromatic rings. The third-order valence-electron chi connectivity index (χ3n) is 4.22. The lowest BCUT2D eigenvalue weighted by molar-refractivity contribution is 0.266. The van der Waals surface area contributed by atoms with Gasteiger partial charge in [-0.1, -0.05) is 53.4 Å².